The van der Waals surface area contributed by atoms with Gasteiger partial charge in [-0.2, -0.15) is 0 Å². The molecule has 0 aromatic heterocycles. The number of rotatable bonds is 5. The molecule has 0 heterocycles. The maximum absolute atomic E-state index is 11.7. The molecule has 0 saturated heterocycles. The number of amides is 1. The first-order chi connectivity index (χ1) is 10.2. The van der Waals surface area contributed by atoms with Crippen molar-refractivity contribution in [1.29, 1.82) is 0 Å². The molecule has 108 valence electrons. The Balaban J connectivity index is 2.51. The van der Waals surface area contributed by atoms with Crippen molar-refractivity contribution in [2.24, 2.45) is 5.73 Å². The highest BCUT2D eigenvalue weighted by Gasteiger charge is 2.10. The Labute approximate surface area is 123 Å². The molecule has 0 aliphatic rings. The average molecular weight is 283 g/mol. The van der Waals surface area contributed by atoms with E-state index in [1.54, 1.807) is 32.4 Å². The Hall–Kier alpha value is -2.75. The van der Waals surface area contributed by atoms with Gasteiger partial charge in [-0.1, -0.05) is 30.3 Å². The molecule has 0 spiro atoms. The van der Waals surface area contributed by atoms with E-state index in [-0.39, 0.29) is 0 Å². The lowest BCUT2D eigenvalue weighted by Crippen LogP contribution is -2.12. The van der Waals surface area contributed by atoms with Gasteiger partial charge in [-0.3, -0.25) is 4.79 Å². The maximum Gasteiger partial charge on any atom is 0.249 e. The number of carbonyl (C=O) groups is 1. The maximum atomic E-state index is 11.7. The van der Waals surface area contributed by atoms with E-state index in [0.717, 1.165) is 11.1 Å². The van der Waals surface area contributed by atoms with Crippen molar-refractivity contribution in [3.05, 3.63) is 59.7 Å². The standard InChI is InChI=1S/C17H17NO3/c1-20-14-9-8-13(16(11-14)21-2)10-15(17(18)19)12-6-4-3-5-7-12/h3-11H,1-2H3,(H2,18,19). The van der Waals surface area contributed by atoms with Crippen LogP contribution in [0.1, 0.15) is 11.1 Å². The highest BCUT2D eigenvalue weighted by Crippen LogP contribution is 2.28. The van der Waals surface area contributed by atoms with Gasteiger partial charge in [-0.15, -0.1) is 0 Å². The van der Waals surface area contributed by atoms with E-state index in [2.05, 4.69) is 0 Å². The molecular weight excluding hydrogens is 266 g/mol. The van der Waals surface area contributed by atoms with Crippen LogP contribution in [-0.4, -0.2) is 20.1 Å². The van der Waals surface area contributed by atoms with Crippen molar-refractivity contribution in [3.63, 3.8) is 0 Å². The van der Waals surface area contributed by atoms with Crippen LogP contribution in [0.3, 0.4) is 0 Å². The fourth-order valence-electron chi connectivity index (χ4n) is 2.01. The lowest BCUT2D eigenvalue weighted by Gasteiger charge is -2.09. The van der Waals surface area contributed by atoms with E-state index >= 15 is 0 Å². The fourth-order valence-corrected chi connectivity index (χ4v) is 2.01. The lowest BCUT2D eigenvalue weighted by molar-refractivity contribution is -0.112. The number of benzene rings is 2. The Bertz CT molecular complexity index is 663. The second-order valence-corrected chi connectivity index (χ2v) is 4.40. The summed E-state index contributed by atoms with van der Waals surface area (Å²) in [6.07, 6.45) is 1.72. The van der Waals surface area contributed by atoms with E-state index in [4.69, 9.17) is 15.2 Å². The van der Waals surface area contributed by atoms with Gasteiger partial charge in [0.05, 0.1) is 14.2 Å². The smallest absolute Gasteiger partial charge is 0.249 e. The molecule has 4 nitrogen and oxygen atoms in total. The number of hydrogen-bond donors (Lipinski definition) is 1. The zero-order chi connectivity index (χ0) is 15.2. The van der Waals surface area contributed by atoms with Gasteiger partial charge in [0.25, 0.3) is 0 Å². The topological polar surface area (TPSA) is 61.5 Å². The fraction of sp³-hybridized carbons (Fsp3) is 0.118. The zero-order valence-corrected chi connectivity index (χ0v) is 12.0. The van der Waals surface area contributed by atoms with Crippen molar-refractivity contribution in [1.82, 2.24) is 0 Å². The normalized spacial score (nSPS) is 11.0. The van der Waals surface area contributed by atoms with Gasteiger partial charge in [0.2, 0.25) is 5.91 Å². The molecule has 0 unspecified atom stereocenters. The summed E-state index contributed by atoms with van der Waals surface area (Å²) in [5.74, 6) is 0.812. The first-order valence-electron chi connectivity index (χ1n) is 6.44. The van der Waals surface area contributed by atoms with Gasteiger partial charge in [0.1, 0.15) is 11.5 Å². The third kappa shape index (κ3) is 3.42. The van der Waals surface area contributed by atoms with E-state index in [1.807, 2.05) is 36.4 Å². The molecule has 1 amide bonds. The van der Waals surface area contributed by atoms with Gasteiger partial charge in [0, 0.05) is 17.2 Å². The Morgan fingerprint density at radius 3 is 2.33 bits per heavy atom. The van der Waals surface area contributed by atoms with Crippen molar-refractivity contribution in [2.75, 3.05) is 14.2 Å². The second-order valence-electron chi connectivity index (χ2n) is 4.40. The SMILES string of the molecule is COc1ccc(C=C(C(N)=O)c2ccccc2)c(OC)c1. The summed E-state index contributed by atoms with van der Waals surface area (Å²) in [5.41, 5.74) is 7.45. The van der Waals surface area contributed by atoms with Gasteiger partial charge < -0.3 is 15.2 Å². The van der Waals surface area contributed by atoms with Crippen LogP contribution in [0, 0.1) is 0 Å². The minimum absolute atomic E-state index is 0.430. The summed E-state index contributed by atoms with van der Waals surface area (Å²) < 4.78 is 10.5. The molecule has 2 rings (SSSR count). The largest absolute Gasteiger partial charge is 0.497 e. The molecular formula is C17H17NO3. The number of ether oxygens (including phenoxy) is 2. The van der Waals surface area contributed by atoms with E-state index in [0.29, 0.717) is 17.1 Å². The van der Waals surface area contributed by atoms with Crippen LogP contribution >= 0.6 is 0 Å². The molecule has 2 aromatic rings. The van der Waals surface area contributed by atoms with Crippen LogP contribution in [-0.2, 0) is 4.79 Å². The van der Waals surface area contributed by atoms with Crippen molar-refractivity contribution < 1.29 is 14.3 Å². The molecule has 0 aliphatic carbocycles. The monoisotopic (exact) mass is 283 g/mol. The van der Waals surface area contributed by atoms with Crippen LogP contribution in [0.2, 0.25) is 0 Å². The van der Waals surface area contributed by atoms with Crippen LogP contribution < -0.4 is 15.2 Å². The van der Waals surface area contributed by atoms with Crippen LogP contribution in [0.15, 0.2) is 48.5 Å². The highest BCUT2D eigenvalue weighted by atomic mass is 16.5. The van der Waals surface area contributed by atoms with Crippen molar-refractivity contribution in [2.45, 2.75) is 0 Å². The highest BCUT2D eigenvalue weighted by molar-refractivity contribution is 6.23. The average Bonchev–Trinajstić information content (AvgIpc) is 2.53. The number of nitrogens with two attached hydrogens (primary N) is 1. The Morgan fingerprint density at radius 1 is 1.05 bits per heavy atom. The lowest BCUT2D eigenvalue weighted by atomic mass is 10.0. The Morgan fingerprint density at radius 2 is 1.76 bits per heavy atom. The van der Waals surface area contributed by atoms with Gasteiger partial charge in [-0.05, 0) is 23.8 Å². The van der Waals surface area contributed by atoms with E-state index in [1.165, 1.54) is 0 Å². The summed E-state index contributed by atoms with van der Waals surface area (Å²) in [6, 6.07) is 14.7. The molecule has 0 aliphatic heterocycles. The van der Waals surface area contributed by atoms with Crippen LogP contribution in [0.4, 0.5) is 0 Å². The molecule has 0 bridgehead atoms. The van der Waals surface area contributed by atoms with Crippen LogP contribution in [0.25, 0.3) is 11.6 Å². The second kappa shape index (κ2) is 6.61. The summed E-state index contributed by atoms with van der Waals surface area (Å²) >= 11 is 0. The summed E-state index contributed by atoms with van der Waals surface area (Å²) in [6.45, 7) is 0. The summed E-state index contributed by atoms with van der Waals surface area (Å²) in [4.78, 5) is 11.7. The predicted molar refractivity (Wildman–Crippen MR) is 83.1 cm³/mol. The first-order valence-corrected chi connectivity index (χ1v) is 6.44. The van der Waals surface area contributed by atoms with Crippen molar-refractivity contribution >= 4 is 17.6 Å². The minimum atomic E-state index is -0.487. The predicted octanol–water partition coefficient (Wildman–Crippen LogP) is 2.73. The van der Waals surface area contributed by atoms with E-state index < -0.39 is 5.91 Å². The minimum Gasteiger partial charge on any atom is -0.497 e. The first kappa shape index (κ1) is 14.7. The van der Waals surface area contributed by atoms with Crippen LogP contribution in [0.5, 0.6) is 11.5 Å². The van der Waals surface area contributed by atoms with E-state index in [9.17, 15) is 4.79 Å². The summed E-state index contributed by atoms with van der Waals surface area (Å²) in [5, 5.41) is 0. The molecule has 2 aromatic carbocycles. The molecule has 0 radical (unpaired) electrons. The molecule has 2 N–H and O–H groups in total. The third-order valence-corrected chi connectivity index (χ3v) is 3.09. The molecule has 0 fully saturated rings. The number of hydrogen-bond acceptors (Lipinski definition) is 3. The third-order valence-electron chi connectivity index (χ3n) is 3.09. The quantitative estimate of drug-likeness (QED) is 0.678. The van der Waals surface area contributed by atoms with Gasteiger partial charge in [-0.25, -0.2) is 0 Å². The number of carbonyl (C=O) groups excluding carboxylic acids is 1. The number of methoxy groups -OCH3 is 2. The molecule has 0 atom stereocenters. The Kier molecular flexibility index (Phi) is 4.61. The van der Waals surface area contributed by atoms with Crippen molar-refractivity contribution in [3.8, 4) is 11.5 Å². The van der Waals surface area contributed by atoms with Gasteiger partial charge in [0.15, 0.2) is 0 Å². The zero-order valence-electron chi connectivity index (χ0n) is 12.0. The van der Waals surface area contributed by atoms with Gasteiger partial charge >= 0.3 is 0 Å². The molecule has 4 heteroatoms. The summed E-state index contributed by atoms with van der Waals surface area (Å²) in [7, 11) is 3.15. The molecule has 21 heavy (non-hydrogen) atoms. The molecule has 0 saturated carbocycles. The number of primary amides is 1.